The molecule has 1 heterocycles. The van der Waals surface area contributed by atoms with Crippen molar-refractivity contribution in [2.75, 3.05) is 6.61 Å². The minimum atomic E-state index is -2.91. The first-order chi connectivity index (χ1) is 6.49. The topological polar surface area (TPSA) is 9.23 Å². The van der Waals surface area contributed by atoms with Crippen molar-refractivity contribution < 1.29 is 13.5 Å². The van der Waals surface area contributed by atoms with Crippen LogP contribution in [-0.4, -0.2) is 12.5 Å². The van der Waals surface area contributed by atoms with Crippen LogP contribution in [0.3, 0.4) is 0 Å². The average Bonchev–Trinajstić information content (AvgIpc) is 2.44. The molecule has 0 saturated heterocycles. The van der Waals surface area contributed by atoms with E-state index >= 15 is 0 Å². The third-order valence-electron chi connectivity index (χ3n) is 1.63. The molecule has 0 unspecified atom stereocenters. The zero-order valence-electron chi connectivity index (χ0n) is 8.86. The zero-order valence-corrected chi connectivity index (χ0v) is 8.86. The quantitative estimate of drug-likeness (QED) is 0.663. The van der Waals surface area contributed by atoms with Crippen LogP contribution in [0.4, 0.5) is 8.78 Å². The molecule has 0 bridgehead atoms. The van der Waals surface area contributed by atoms with Crippen LogP contribution >= 0.6 is 0 Å². The summed E-state index contributed by atoms with van der Waals surface area (Å²) >= 11 is 0. The van der Waals surface area contributed by atoms with Crippen LogP contribution in [0.5, 0.6) is 0 Å². The summed E-state index contributed by atoms with van der Waals surface area (Å²) < 4.78 is 30.6. The molecule has 0 radical (unpaired) electrons. The highest BCUT2D eigenvalue weighted by molar-refractivity contribution is 5.40. The number of hydrogen-bond acceptors (Lipinski definition) is 1. The standard InChI is InChI=1S/C9H10F2O.C2H6/c1-4-7-8(6(2)3)12-5-9(7,10)11;1-2/h4H,1-2,5H2,3H3;1-2H3. The fourth-order valence-corrected chi connectivity index (χ4v) is 1.08. The number of hydrogen-bond donors (Lipinski definition) is 0. The lowest BCUT2D eigenvalue weighted by molar-refractivity contribution is 0.00642. The van der Waals surface area contributed by atoms with Gasteiger partial charge in [-0.05, 0) is 12.5 Å². The van der Waals surface area contributed by atoms with Crippen molar-refractivity contribution in [3.63, 3.8) is 0 Å². The average molecular weight is 202 g/mol. The van der Waals surface area contributed by atoms with Crippen LogP contribution in [0, 0.1) is 0 Å². The van der Waals surface area contributed by atoms with Gasteiger partial charge in [0.25, 0.3) is 0 Å². The Kier molecular flexibility index (Phi) is 4.54. The predicted octanol–water partition coefficient (Wildman–Crippen LogP) is 3.69. The van der Waals surface area contributed by atoms with Crippen LogP contribution < -0.4 is 0 Å². The summed E-state index contributed by atoms with van der Waals surface area (Å²) in [4.78, 5) is 0. The Morgan fingerprint density at radius 2 is 2.00 bits per heavy atom. The molecule has 14 heavy (non-hydrogen) atoms. The SMILES string of the molecule is C=CC1=C(C(=C)C)OCC1(F)F.CC. The Hall–Kier alpha value is -1.12. The largest absolute Gasteiger partial charge is 0.486 e. The van der Waals surface area contributed by atoms with Gasteiger partial charge in [-0.3, -0.25) is 0 Å². The molecule has 1 aliphatic rings. The molecule has 0 N–H and O–H groups in total. The molecule has 80 valence electrons. The molecule has 1 rings (SSSR count). The number of ether oxygens (including phenoxy) is 1. The molecule has 0 aromatic heterocycles. The molecule has 1 aliphatic heterocycles. The zero-order chi connectivity index (χ0) is 11.4. The Balaban J connectivity index is 0.000000791. The number of halogens is 2. The van der Waals surface area contributed by atoms with Crippen LogP contribution in [0.15, 0.2) is 36.1 Å². The Morgan fingerprint density at radius 3 is 2.29 bits per heavy atom. The highest BCUT2D eigenvalue weighted by Crippen LogP contribution is 2.37. The lowest BCUT2D eigenvalue weighted by atomic mass is 10.1. The van der Waals surface area contributed by atoms with Crippen molar-refractivity contribution in [3.05, 3.63) is 36.1 Å². The first-order valence-electron chi connectivity index (χ1n) is 4.52. The van der Waals surface area contributed by atoms with Crippen molar-refractivity contribution in [1.82, 2.24) is 0 Å². The summed E-state index contributed by atoms with van der Waals surface area (Å²) in [6, 6.07) is 0. The lowest BCUT2D eigenvalue weighted by Gasteiger charge is -2.06. The molecule has 0 amide bonds. The van der Waals surface area contributed by atoms with Crippen molar-refractivity contribution >= 4 is 0 Å². The van der Waals surface area contributed by atoms with Gasteiger partial charge in [-0.25, -0.2) is 0 Å². The first kappa shape index (κ1) is 12.9. The maximum atomic E-state index is 12.9. The van der Waals surface area contributed by atoms with E-state index in [1.165, 1.54) is 0 Å². The summed E-state index contributed by atoms with van der Waals surface area (Å²) in [5, 5.41) is 0. The maximum absolute atomic E-state index is 12.9. The molecule has 0 saturated carbocycles. The second kappa shape index (κ2) is 4.94. The highest BCUT2D eigenvalue weighted by atomic mass is 19.3. The number of rotatable bonds is 2. The molecule has 0 aromatic carbocycles. The van der Waals surface area contributed by atoms with E-state index in [1.54, 1.807) is 6.92 Å². The fourth-order valence-electron chi connectivity index (χ4n) is 1.08. The van der Waals surface area contributed by atoms with Crippen LogP contribution in [0.25, 0.3) is 0 Å². The van der Waals surface area contributed by atoms with Gasteiger partial charge < -0.3 is 4.74 Å². The molecule has 3 heteroatoms. The van der Waals surface area contributed by atoms with Crippen molar-refractivity contribution in [2.24, 2.45) is 0 Å². The lowest BCUT2D eigenvalue weighted by Crippen LogP contribution is -2.18. The summed E-state index contributed by atoms with van der Waals surface area (Å²) in [5.41, 5.74) is 0.345. The van der Waals surface area contributed by atoms with Gasteiger partial charge in [0, 0.05) is 0 Å². The van der Waals surface area contributed by atoms with E-state index in [0.717, 1.165) is 6.08 Å². The summed E-state index contributed by atoms with van der Waals surface area (Å²) in [5.74, 6) is -2.73. The predicted molar refractivity (Wildman–Crippen MR) is 54.3 cm³/mol. The van der Waals surface area contributed by atoms with Crippen molar-refractivity contribution in [2.45, 2.75) is 26.7 Å². The minimum absolute atomic E-state index is 0.157. The van der Waals surface area contributed by atoms with Crippen molar-refractivity contribution in [1.29, 1.82) is 0 Å². The smallest absolute Gasteiger partial charge is 0.310 e. The molecule has 1 nitrogen and oxygen atoms in total. The van der Waals surface area contributed by atoms with E-state index in [0.29, 0.717) is 5.57 Å². The van der Waals surface area contributed by atoms with Gasteiger partial charge in [-0.15, -0.1) is 0 Å². The van der Waals surface area contributed by atoms with E-state index < -0.39 is 12.5 Å². The van der Waals surface area contributed by atoms with E-state index in [4.69, 9.17) is 4.74 Å². The third kappa shape index (κ3) is 2.44. The van der Waals surface area contributed by atoms with E-state index in [2.05, 4.69) is 13.2 Å². The highest BCUT2D eigenvalue weighted by Gasteiger charge is 2.42. The van der Waals surface area contributed by atoms with Gasteiger partial charge in [0.05, 0.1) is 5.57 Å². The van der Waals surface area contributed by atoms with E-state index in [-0.39, 0.29) is 11.3 Å². The molecule has 0 fully saturated rings. The van der Waals surface area contributed by atoms with Gasteiger partial charge in [0.2, 0.25) is 0 Å². The molecule has 0 aliphatic carbocycles. The summed E-state index contributed by atoms with van der Waals surface area (Å²) in [7, 11) is 0. The van der Waals surface area contributed by atoms with E-state index in [1.807, 2.05) is 13.8 Å². The van der Waals surface area contributed by atoms with Crippen LogP contribution in [0.1, 0.15) is 20.8 Å². The molecular formula is C11H16F2O. The van der Waals surface area contributed by atoms with Crippen molar-refractivity contribution in [3.8, 4) is 0 Å². The fraction of sp³-hybridized carbons (Fsp3) is 0.455. The van der Waals surface area contributed by atoms with Gasteiger partial charge in [-0.2, -0.15) is 8.78 Å². The van der Waals surface area contributed by atoms with Gasteiger partial charge in [0.15, 0.2) is 6.61 Å². The minimum Gasteiger partial charge on any atom is -0.486 e. The monoisotopic (exact) mass is 202 g/mol. The second-order valence-corrected chi connectivity index (χ2v) is 2.72. The van der Waals surface area contributed by atoms with Gasteiger partial charge in [0.1, 0.15) is 5.76 Å². The maximum Gasteiger partial charge on any atom is 0.310 e. The second-order valence-electron chi connectivity index (χ2n) is 2.72. The molecular weight excluding hydrogens is 186 g/mol. The first-order valence-corrected chi connectivity index (χ1v) is 4.52. The molecule has 0 atom stereocenters. The Bertz CT molecular complexity index is 264. The number of alkyl halides is 2. The van der Waals surface area contributed by atoms with Gasteiger partial charge in [-0.1, -0.05) is 33.1 Å². The molecule has 0 spiro atoms. The normalized spacial score (nSPS) is 18.1. The Morgan fingerprint density at radius 1 is 1.50 bits per heavy atom. The summed E-state index contributed by atoms with van der Waals surface area (Å²) in [6.45, 7) is 11.9. The third-order valence-corrected chi connectivity index (χ3v) is 1.63. The van der Waals surface area contributed by atoms with Gasteiger partial charge >= 0.3 is 5.92 Å². The molecule has 0 aromatic rings. The van der Waals surface area contributed by atoms with E-state index in [9.17, 15) is 8.78 Å². The van der Waals surface area contributed by atoms with Crippen LogP contribution in [0.2, 0.25) is 0 Å². The number of allylic oxidation sites excluding steroid dienone is 2. The Labute approximate surface area is 83.8 Å². The van der Waals surface area contributed by atoms with Crippen LogP contribution in [-0.2, 0) is 4.74 Å². The summed E-state index contributed by atoms with van der Waals surface area (Å²) in [6.07, 6.45) is 1.12.